The van der Waals surface area contributed by atoms with E-state index in [-0.39, 0.29) is 11.3 Å². The molecule has 1 aromatic heterocycles. The van der Waals surface area contributed by atoms with Gasteiger partial charge in [-0.2, -0.15) is 0 Å². The minimum absolute atomic E-state index is 0.111. The highest BCUT2D eigenvalue weighted by molar-refractivity contribution is 7.19. The number of halogens is 2. The fraction of sp³-hybridized carbons (Fsp3) is 0.391. The molecule has 1 aliphatic rings. The molecule has 1 saturated heterocycles. The summed E-state index contributed by atoms with van der Waals surface area (Å²) in [6.07, 6.45) is -7.27. The Labute approximate surface area is 182 Å². The van der Waals surface area contributed by atoms with Gasteiger partial charge in [0.15, 0.2) is 0 Å². The van der Waals surface area contributed by atoms with Gasteiger partial charge in [0.1, 0.15) is 30.2 Å². The Morgan fingerprint density at radius 2 is 1.81 bits per heavy atom. The average Bonchev–Trinajstić information content (AvgIpc) is 3.15. The van der Waals surface area contributed by atoms with E-state index in [2.05, 4.69) is 6.07 Å². The van der Waals surface area contributed by atoms with E-state index in [1.54, 1.807) is 24.3 Å². The second-order valence-corrected chi connectivity index (χ2v) is 9.16. The summed E-state index contributed by atoms with van der Waals surface area (Å²) in [6, 6.07) is 11.7. The summed E-state index contributed by atoms with van der Waals surface area (Å²) in [6.45, 7) is 2.53. The van der Waals surface area contributed by atoms with Crippen LogP contribution >= 0.6 is 11.3 Å². The highest BCUT2D eigenvalue weighted by Gasteiger charge is 2.57. The van der Waals surface area contributed by atoms with Crippen molar-refractivity contribution in [2.75, 3.05) is 6.61 Å². The first-order valence-corrected chi connectivity index (χ1v) is 10.8. The van der Waals surface area contributed by atoms with Gasteiger partial charge < -0.3 is 25.2 Å². The number of thiophene rings is 1. The van der Waals surface area contributed by atoms with Crippen molar-refractivity contribution in [3.63, 3.8) is 0 Å². The quantitative estimate of drug-likeness (QED) is 0.488. The summed E-state index contributed by atoms with van der Waals surface area (Å²) < 4.78 is 34.7. The minimum atomic E-state index is -3.82. The number of hydrogen-bond donors (Lipinski definition) is 4. The molecule has 5 nitrogen and oxygen atoms in total. The van der Waals surface area contributed by atoms with Gasteiger partial charge in [0, 0.05) is 21.6 Å². The Balaban J connectivity index is 1.74. The molecule has 4 atom stereocenters. The molecular formula is C23H24F2O5S. The summed E-state index contributed by atoms with van der Waals surface area (Å²) in [4.78, 5) is 1.09. The van der Waals surface area contributed by atoms with Crippen LogP contribution in [0.4, 0.5) is 8.78 Å². The Hall–Kier alpha value is -2.10. The van der Waals surface area contributed by atoms with Crippen LogP contribution < -0.4 is 0 Å². The van der Waals surface area contributed by atoms with Gasteiger partial charge in [0.2, 0.25) is 0 Å². The predicted molar refractivity (Wildman–Crippen MR) is 114 cm³/mol. The zero-order chi connectivity index (χ0) is 22.5. The second kappa shape index (κ2) is 8.11. The first-order chi connectivity index (χ1) is 14.6. The molecule has 0 amide bonds. The smallest absolute Gasteiger partial charge is 0.303 e. The average molecular weight is 451 g/mol. The molecule has 1 fully saturated rings. The van der Waals surface area contributed by atoms with Crippen LogP contribution in [0.1, 0.15) is 33.2 Å². The number of hydrogen-bond acceptors (Lipinski definition) is 6. The fourth-order valence-corrected chi connectivity index (χ4v) is 5.15. The van der Waals surface area contributed by atoms with E-state index in [0.717, 1.165) is 26.1 Å². The zero-order valence-corrected chi connectivity index (χ0v) is 17.9. The summed E-state index contributed by atoms with van der Waals surface area (Å²) >= 11 is 1.64. The second-order valence-electron chi connectivity index (χ2n) is 7.99. The van der Waals surface area contributed by atoms with Gasteiger partial charge >= 0.3 is 5.92 Å². The summed E-state index contributed by atoms with van der Waals surface area (Å²) in [7, 11) is 0. The van der Waals surface area contributed by atoms with Crippen LogP contribution in [0.5, 0.6) is 5.75 Å². The van der Waals surface area contributed by atoms with Gasteiger partial charge in [0.05, 0.1) is 6.61 Å². The topological polar surface area (TPSA) is 90.2 Å². The lowest BCUT2D eigenvalue weighted by Gasteiger charge is -2.42. The van der Waals surface area contributed by atoms with Crippen molar-refractivity contribution in [1.29, 1.82) is 0 Å². The number of aromatic hydroxyl groups is 1. The monoisotopic (exact) mass is 450 g/mol. The van der Waals surface area contributed by atoms with Gasteiger partial charge in [-0.25, -0.2) is 8.78 Å². The maximum absolute atomic E-state index is 14.2. The van der Waals surface area contributed by atoms with E-state index in [4.69, 9.17) is 4.74 Å². The van der Waals surface area contributed by atoms with Gasteiger partial charge in [0.25, 0.3) is 0 Å². The number of aliphatic hydroxyl groups excluding tert-OH is 3. The third kappa shape index (κ3) is 3.72. The lowest BCUT2D eigenvalue weighted by Crippen LogP contribution is -2.59. The first kappa shape index (κ1) is 22.1. The van der Waals surface area contributed by atoms with E-state index in [1.165, 1.54) is 0 Å². The van der Waals surface area contributed by atoms with E-state index >= 15 is 0 Å². The number of alkyl halides is 2. The lowest BCUT2D eigenvalue weighted by atomic mass is 9.86. The molecule has 3 aromatic rings. The molecular weight excluding hydrogens is 426 g/mol. The Morgan fingerprint density at radius 3 is 2.48 bits per heavy atom. The number of rotatable bonds is 4. The maximum atomic E-state index is 14.2. The molecule has 2 heterocycles. The largest absolute Gasteiger partial charge is 0.507 e. The molecule has 0 spiro atoms. The summed E-state index contributed by atoms with van der Waals surface area (Å²) in [5.41, 5.74) is 2.34. The Morgan fingerprint density at radius 1 is 1.10 bits per heavy atom. The van der Waals surface area contributed by atoms with Gasteiger partial charge in [-0.15, -0.1) is 11.3 Å². The van der Waals surface area contributed by atoms with Crippen LogP contribution in [0, 0.1) is 13.8 Å². The van der Waals surface area contributed by atoms with Crippen molar-refractivity contribution in [3.05, 3.63) is 63.5 Å². The maximum Gasteiger partial charge on any atom is 0.303 e. The number of fused-ring (bicyclic) bond motifs is 1. The van der Waals surface area contributed by atoms with Crippen LogP contribution in [-0.2, 0) is 11.2 Å². The number of ether oxygens (including phenoxy) is 1. The van der Waals surface area contributed by atoms with Crippen molar-refractivity contribution in [3.8, 4) is 5.75 Å². The van der Waals surface area contributed by atoms with Crippen molar-refractivity contribution >= 4 is 21.4 Å². The van der Waals surface area contributed by atoms with Crippen LogP contribution in [0.15, 0.2) is 36.4 Å². The number of benzene rings is 2. The van der Waals surface area contributed by atoms with Crippen LogP contribution in [0.25, 0.3) is 10.1 Å². The van der Waals surface area contributed by atoms with Crippen LogP contribution in [-0.4, -0.2) is 51.3 Å². The van der Waals surface area contributed by atoms with E-state index in [1.807, 2.05) is 31.2 Å². The molecule has 8 heteroatoms. The third-order valence-corrected chi connectivity index (χ3v) is 7.20. The van der Waals surface area contributed by atoms with Crippen molar-refractivity contribution in [2.24, 2.45) is 0 Å². The summed E-state index contributed by atoms with van der Waals surface area (Å²) in [5.74, 6) is -4.00. The predicted octanol–water partition coefficient (Wildman–Crippen LogP) is 3.60. The van der Waals surface area contributed by atoms with Gasteiger partial charge in [-0.3, -0.25) is 0 Å². The molecule has 0 aliphatic carbocycles. The van der Waals surface area contributed by atoms with E-state index in [0.29, 0.717) is 12.0 Å². The van der Waals surface area contributed by atoms with Crippen molar-refractivity contribution < 1.29 is 33.9 Å². The number of phenols is 1. The molecule has 1 aliphatic heterocycles. The molecule has 0 bridgehead atoms. The normalized spacial score (nSPS) is 25.8. The molecule has 166 valence electrons. The molecule has 2 aromatic carbocycles. The molecule has 0 radical (unpaired) electrons. The van der Waals surface area contributed by atoms with E-state index in [9.17, 15) is 29.2 Å². The zero-order valence-electron chi connectivity index (χ0n) is 17.0. The van der Waals surface area contributed by atoms with Crippen molar-refractivity contribution in [1.82, 2.24) is 0 Å². The molecule has 31 heavy (non-hydrogen) atoms. The molecule has 0 saturated carbocycles. The van der Waals surface area contributed by atoms with Crippen LogP contribution in [0.2, 0.25) is 0 Å². The lowest BCUT2D eigenvalue weighted by molar-refractivity contribution is -0.296. The number of aliphatic hydroxyl groups is 3. The molecule has 4 N–H and O–H groups in total. The van der Waals surface area contributed by atoms with Gasteiger partial charge in [-0.05, 0) is 54.1 Å². The minimum Gasteiger partial charge on any atom is -0.507 e. The van der Waals surface area contributed by atoms with Crippen molar-refractivity contribution in [2.45, 2.75) is 50.6 Å². The Bertz CT molecular complexity index is 1080. The van der Waals surface area contributed by atoms with Gasteiger partial charge in [-0.1, -0.05) is 18.2 Å². The Kier molecular flexibility index (Phi) is 5.78. The van der Waals surface area contributed by atoms with E-state index < -0.39 is 36.9 Å². The molecule has 4 rings (SSSR count). The highest BCUT2D eigenvalue weighted by Crippen LogP contribution is 2.44. The fourth-order valence-electron chi connectivity index (χ4n) is 4.07. The third-order valence-electron chi connectivity index (χ3n) is 6.08. The standard InChI is InChI=1S/C23H24F2O5S/c1-11-12(2)19(27)16(21-20(28)22(29)23(24,25)18(10-26)30-21)9-14(11)8-15-7-13-5-3-4-6-17(13)31-15/h3-7,9,18,20-22,26-29H,8,10H2,1-2H3/t18-,20+,21+,22-/m1/s1. The SMILES string of the molecule is Cc1c(Cc2cc3ccccc3s2)cc([C@@H]2O[C@H](CO)C(F)(F)[C@H](O)[C@H]2O)c(O)c1C. The summed E-state index contributed by atoms with van der Waals surface area (Å²) in [5, 5.41) is 41.5. The number of phenolic OH excluding ortho intramolecular Hbond substituents is 1. The highest BCUT2D eigenvalue weighted by atomic mass is 32.1. The van der Waals surface area contributed by atoms with Crippen LogP contribution in [0.3, 0.4) is 0 Å². The first-order valence-electron chi connectivity index (χ1n) is 9.94. The molecule has 0 unspecified atom stereocenters.